The molecule has 11 heteroatoms. The van der Waals surface area contributed by atoms with Gasteiger partial charge in [0.05, 0.1) is 18.8 Å². The number of halogens is 1. The van der Waals surface area contributed by atoms with Gasteiger partial charge in [0.2, 0.25) is 11.7 Å². The second-order valence-corrected chi connectivity index (χ2v) is 9.84. The Kier molecular flexibility index (Phi) is 8.63. The van der Waals surface area contributed by atoms with Gasteiger partial charge in [0, 0.05) is 28.7 Å². The number of carbonyl (C=O) groups excluding carboxylic acids is 3. The number of hydrogen-bond acceptors (Lipinski definition) is 6. The third-order valence-electron chi connectivity index (χ3n) is 5.62. The van der Waals surface area contributed by atoms with E-state index in [1.165, 1.54) is 16.0 Å². The molecule has 0 aliphatic rings. The van der Waals surface area contributed by atoms with Gasteiger partial charge < -0.3 is 10.6 Å². The van der Waals surface area contributed by atoms with Gasteiger partial charge in [-0.3, -0.25) is 19.1 Å². The summed E-state index contributed by atoms with van der Waals surface area (Å²) in [6.07, 6.45) is 1.77. The van der Waals surface area contributed by atoms with Crippen LogP contribution in [-0.2, 0) is 33.9 Å². The van der Waals surface area contributed by atoms with E-state index in [1.807, 2.05) is 30.3 Å². The molecular weight excluding hydrogens is 524 g/mol. The van der Waals surface area contributed by atoms with Crippen LogP contribution >= 0.6 is 22.9 Å². The van der Waals surface area contributed by atoms with Crippen LogP contribution in [0.3, 0.4) is 0 Å². The molecule has 38 heavy (non-hydrogen) atoms. The Morgan fingerprint density at radius 3 is 2.66 bits per heavy atom. The van der Waals surface area contributed by atoms with Crippen molar-refractivity contribution >= 4 is 46.2 Å². The first-order valence-electron chi connectivity index (χ1n) is 11.6. The number of benzene rings is 2. The molecule has 0 fully saturated rings. The Morgan fingerprint density at radius 2 is 1.95 bits per heavy atom. The van der Waals surface area contributed by atoms with Crippen molar-refractivity contribution in [3.05, 3.63) is 98.9 Å². The fraction of sp³-hybridized carbons (Fsp3) is 0.185. The molecule has 2 aromatic carbocycles. The van der Waals surface area contributed by atoms with Crippen LogP contribution in [0, 0.1) is 13.5 Å². The van der Waals surface area contributed by atoms with E-state index in [1.54, 1.807) is 42.8 Å². The van der Waals surface area contributed by atoms with Crippen LogP contribution < -0.4 is 10.6 Å². The Bertz CT molecular complexity index is 1500. The lowest BCUT2D eigenvalue weighted by Gasteiger charge is -2.18. The number of nitrogens with zero attached hydrogens (tertiary/aromatic N) is 4. The van der Waals surface area contributed by atoms with Crippen molar-refractivity contribution in [2.24, 2.45) is 0 Å². The molecule has 0 saturated heterocycles. The lowest BCUT2D eigenvalue weighted by atomic mass is 10.0. The summed E-state index contributed by atoms with van der Waals surface area (Å²) in [6.45, 7) is 9.00. The maximum absolute atomic E-state index is 13.0. The van der Waals surface area contributed by atoms with E-state index in [9.17, 15) is 14.4 Å². The minimum atomic E-state index is -1.06. The number of hydrogen-bond donors (Lipinski definition) is 2. The van der Waals surface area contributed by atoms with Gasteiger partial charge >= 0.3 is 0 Å². The van der Waals surface area contributed by atoms with Gasteiger partial charge in [-0.15, -0.1) is 11.3 Å². The molecule has 9 nitrogen and oxygen atoms in total. The Morgan fingerprint density at radius 1 is 1.16 bits per heavy atom. The van der Waals surface area contributed by atoms with Gasteiger partial charge in [0.25, 0.3) is 5.91 Å². The number of thiazole rings is 1. The first-order valence-corrected chi connectivity index (χ1v) is 12.8. The van der Waals surface area contributed by atoms with E-state index in [4.69, 9.17) is 18.2 Å². The highest BCUT2D eigenvalue weighted by molar-refractivity contribution is 7.09. The summed E-state index contributed by atoms with van der Waals surface area (Å²) in [5.41, 5.74) is 3.09. The molecule has 4 rings (SSSR count). The molecule has 2 N–H and O–H groups in total. The molecular formula is C27H23ClN6O3S. The molecule has 0 saturated carbocycles. The molecule has 192 valence electrons. The van der Waals surface area contributed by atoms with Gasteiger partial charge in [-0.1, -0.05) is 41.9 Å². The SMILES string of the molecule is [C-]#[N+]c1cc(Cl)cc(-c2cc(C)n(CC(=O)N[C@H](Cc3ccccc3)C(=O)C(=O)NCc3nccs3)n2)c1. The van der Waals surface area contributed by atoms with Crippen LogP contribution in [0.4, 0.5) is 5.69 Å². The number of rotatable bonds is 10. The predicted molar refractivity (Wildman–Crippen MR) is 145 cm³/mol. The zero-order chi connectivity index (χ0) is 27.1. The molecule has 1 atom stereocenters. The zero-order valence-electron chi connectivity index (χ0n) is 20.3. The van der Waals surface area contributed by atoms with E-state index in [2.05, 4.69) is 25.6 Å². The van der Waals surface area contributed by atoms with Crippen molar-refractivity contribution in [1.29, 1.82) is 0 Å². The first-order chi connectivity index (χ1) is 18.3. The summed E-state index contributed by atoms with van der Waals surface area (Å²) < 4.78 is 1.50. The van der Waals surface area contributed by atoms with Gasteiger partial charge in [0.1, 0.15) is 17.6 Å². The number of carbonyl (C=O) groups is 3. The lowest BCUT2D eigenvalue weighted by molar-refractivity contribution is -0.140. The Labute approximate surface area is 228 Å². The summed E-state index contributed by atoms with van der Waals surface area (Å²) >= 11 is 7.50. The second kappa shape index (κ2) is 12.3. The van der Waals surface area contributed by atoms with Gasteiger partial charge in [-0.2, -0.15) is 5.10 Å². The molecule has 0 spiro atoms. The number of Topliss-reactive ketones (excluding diaryl/α,β-unsaturated/α-hetero) is 1. The summed E-state index contributed by atoms with van der Waals surface area (Å²) in [5, 5.41) is 12.6. The standard InChI is InChI=1S/C27H23ClN6O3S/c1-17-10-22(19-12-20(28)14-21(13-19)29-2)33-34(17)16-24(35)32-23(11-18-6-4-3-5-7-18)26(36)27(37)31-15-25-30-8-9-38-25/h3-10,12-14,23H,11,15-16H2,1H3,(H,31,37)(H,32,35)/t23-/m1/s1. The van der Waals surface area contributed by atoms with Crippen LogP contribution in [0.25, 0.3) is 16.1 Å². The van der Waals surface area contributed by atoms with Crippen molar-refractivity contribution in [2.75, 3.05) is 0 Å². The summed E-state index contributed by atoms with van der Waals surface area (Å²) in [4.78, 5) is 46.2. The first kappa shape index (κ1) is 26.7. The van der Waals surface area contributed by atoms with Crippen LogP contribution in [0.15, 0.2) is 66.2 Å². The highest BCUT2D eigenvalue weighted by Gasteiger charge is 2.27. The minimum absolute atomic E-state index is 0.127. The number of ketones is 1. The summed E-state index contributed by atoms with van der Waals surface area (Å²) in [6, 6.07) is 14.8. The quantitative estimate of drug-likeness (QED) is 0.229. The topological polar surface area (TPSA) is 110 Å². The van der Waals surface area contributed by atoms with Gasteiger partial charge in [-0.25, -0.2) is 9.83 Å². The highest BCUT2D eigenvalue weighted by atomic mass is 35.5. The van der Waals surface area contributed by atoms with Crippen LogP contribution in [-0.4, -0.2) is 38.4 Å². The van der Waals surface area contributed by atoms with Crippen molar-refractivity contribution in [2.45, 2.75) is 32.5 Å². The fourth-order valence-electron chi connectivity index (χ4n) is 3.77. The maximum Gasteiger partial charge on any atom is 0.289 e. The number of aromatic nitrogens is 3. The van der Waals surface area contributed by atoms with E-state index in [0.29, 0.717) is 32.7 Å². The monoisotopic (exact) mass is 546 g/mol. The normalized spacial score (nSPS) is 11.4. The van der Waals surface area contributed by atoms with E-state index < -0.39 is 23.6 Å². The molecule has 0 aliphatic heterocycles. The number of aryl methyl sites for hydroxylation is 1. The van der Waals surface area contributed by atoms with E-state index >= 15 is 0 Å². The Balaban J connectivity index is 1.48. The Hall–Kier alpha value is -4.33. The average Bonchev–Trinajstić information content (AvgIpc) is 3.56. The van der Waals surface area contributed by atoms with Crippen molar-refractivity contribution in [3.63, 3.8) is 0 Å². The third-order valence-corrected chi connectivity index (χ3v) is 6.62. The van der Waals surface area contributed by atoms with Crippen molar-refractivity contribution in [3.8, 4) is 11.3 Å². The highest BCUT2D eigenvalue weighted by Crippen LogP contribution is 2.28. The molecule has 2 heterocycles. The lowest BCUT2D eigenvalue weighted by Crippen LogP contribution is -2.49. The molecule has 0 unspecified atom stereocenters. The average molecular weight is 547 g/mol. The van der Waals surface area contributed by atoms with Crippen LogP contribution in [0.2, 0.25) is 5.02 Å². The zero-order valence-corrected chi connectivity index (χ0v) is 21.9. The molecule has 2 aromatic heterocycles. The number of amides is 2. The fourth-order valence-corrected chi connectivity index (χ4v) is 4.56. The van der Waals surface area contributed by atoms with Crippen molar-refractivity contribution < 1.29 is 14.4 Å². The molecule has 0 aliphatic carbocycles. The maximum atomic E-state index is 13.0. The third kappa shape index (κ3) is 6.91. The van der Waals surface area contributed by atoms with Crippen LogP contribution in [0.5, 0.6) is 0 Å². The number of nitrogens with one attached hydrogen (secondary N) is 2. The smallest absolute Gasteiger partial charge is 0.289 e. The minimum Gasteiger partial charge on any atom is -0.344 e. The summed E-state index contributed by atoms with van der Waals surface area (Å²) in [5.74, 6) is -2.02. The van der Waals surface area contributed by atoms with Crippen LogP contribution in [0.1, 0.15) is 16.3 Å². The second-order valence-electron chi connectivity index (χ2n) is 8.42. The molecule has 0 radical (unpaired) electrons. The van der Waals surface area contributed by atoms with Crippen molar-refractivity contribution in [1.82, 2.24) is 25.4 Å². The summed E-state index contributed by atoms with van der Waals surface area (Å²) in [7, 11) is 0. The van der Waals surface area contributed by atoms with Gasteiger partial charge in [0.15, 0.2) is 5.69 Å². The largest absolute Gasteiger partial charge is 0.344 e. The molecule has 4 aromatic rings. The molecule has 0 bridgehead atoms. The molecule has 2 amide bonds. The predicted octanol–water partition coefficient (Wildman–Crippen LogP) is 4.13. The van der Waals surface area contributed by atoms with E-state index in [-0.39, 0.29) is 19.5 Å². The van der Waals surface area contributed by atoms with E-state index in [0.717, 1.165) is 5.56 Å². The van der Waals surface area contributed by atoms with Gasteiger partial charge in [-0.05, 0) is 42.3 Å².